The van der Waals surface area contributed by atoms with Gasteiger partial charge in [0.25, 0.3) is 0 Å². The van der Waals surface area contributed by atoms with Crippen molar-refractivity contribution in [1.29, 1.82) is 0 Å². The van der Waals surface area contributed by atoms with Crippen molar-refractivity contribution in [1.82, 2.24) is 0 Å². The Morgan fingerprint density at radius 3 is 1.15 bits per heavy atom. The van der Waals surface area contributed by atoms with Crippen molar-refractivity contribution in [2.45, 2.75) is 51.9 Å². The fourth-order valence-electron chi connectivity index (χ4n) is 0.533. The van der Waals surface area contributed by atoms with Crippen molar-refractivity contribution in [3.63, 3.8) is 0 Å². The summed E-state index contributed by atoms with van der Waals surface area (Å²) in [6, 6.07) is 0. The minimum atomic E-state index is 0.166. The zero-order valence-electron chi connectivity index (χ0n) is 9.36. The van der Waals surface area contributed by atoms with E-state index in [1.165, 1.54) is 5.90 Å². The summed E-state index contributed by atoms with van der Waals surface area (Å²) in [6.45, 7) is 14.2. The third-order valence-electron chi connectivity index (χ3n) is 1.70. The predicted octanol–water partition coefficient (Wildman–Crippen LogP) is 6.20. The Hall–Kier alpha value is 2.32. The monoisotopic (exact) mass is 444 g/mol. The van der Waals surface area contributed by atoms with Crippen LogP contribution in [0.25, 0.3) is 0 Å². The van der Waals surface area contributed by atoms with Gasteiger partial charge in [-0.1, -0.05) is 85.6 Å². The van der Waals surface area contributed by atoms with E-state index in [9.17, 15) is 0 Å². The molecule has 0 N–H and O–H groups in total. The van der Waals surface area contributed by atoms with Crippen LogP contribution in [0.5, 0.6) is 0 Å². The average Bonchev–Trinajstić information content (AvgIpc) is 1.82. The molecule has 0 aliphatic rings. The van der Waals surface area contributed by atoms with Gasteiger partial charge in [0.2, 0.25) is 0 Å². The molecular weight excluding hydrogens is 424 g/mol. The molecule has 0 aliphatic heterocycles. The van der Waals surface area contributed by atoms with Gasteiger partial charge in [-0.2, -0.15) is 0 Å². The molecule has 0 amide bonds. The fourth-order valence-corrected chi connectivity index (χ4v) is 15.5. The lowest BCUT2D eigenvalue weighted by molar-refractivity contribution is 0.787. The van der Waals surface area contributed by atoms with Gasteiger partial charge in [-0.3, -0.25) is 0 Å². The first kappa shape index (κ1) is 15.3. The Balaban J connectivity index is 4.15. The van der Waals surface area contributed by atoms with Crippen LogP contribution in [0.2, 0.25) is 0 Å². The molecule has 80 valence electrons. The highest BCUT2D eigenvalue weighted by molar-refractivity contribution is 14.2. The highest BCUT2D eigenvalue weighted by Gasteiger charge is 2.29. The predicted molar refractivity (Wildman–Crippen MR) is 86.3 cm³/mol. The van der Waals surface area contributed by atoms with E-state index in [4.69, 9.17) is 0 Å². The second-order valence-electron chi connectivity index (χ2n) is 5.21. The van der Waals surface area contributed by atoms with Crippen molar-refractivity contribution in [3.8, 4) is 0 Å². The van der Waals surface area contributed by atoms with Gasteiger partial charge in [-0.25, -0.2) is 0 Å². The van der Waals surface area contributed by atoms with E-state index in [1.807, 2.05) is 0 Å². The Bertz CT molecular complexity index is 140. The Kier molecular flexibility index (Phi) is 6.59. The highest BCUT2D eigenvalue weighted by atomic mass is 127. The highest BCUT2D eigenvalue weighted by Crippen LogP contribution is 2.70. The minimum absolute atomic E-state index is 0.166. The topological polar surface area (TPSA) is 0 Å². The van der Waals surface area contributed by atoms with Gasteiger partial charge >= 0.3 is 0 Å². The van der Waals surface area contributed by atoms with Crippen molar-refractivity contribution < 1.29 is 0 Å². The van der Waals surface area contributed by atoms with Gasteiger partial charge < -0.3 is 0 Å². The summed E-state index contributed by atoms with van der Waals surface area (Å²) in [6.07, 6.45) is 0. The van der Waals surface area contributed by atoms with Gasteiger partial charge in [0.05, 0.1) is 0 Å². The molecule has 0 aliphatic carbocycles. The van der Waals surface area contributed by atoms with Gasteiger partial charge in [-0.05, 0) is 21.4 Å². The summed E-state index contributed by atoms with van der Waals surface area (Å²) < 4.78 is 0. The van der Waals surface area contributed by atoms with Crippen molar-refractivity contribution >= 4 is 55.2 Å². The lowest BCUT2D eigenvalue weighted by atomic mass is 10.3. The van der Waals surface area contributed by atoms with E-state index in [-0.39, 0.29) is 11.1 Å². The van der Waals surface area contributed by atoms with E-state index in [0.29, 0.717) is 10.3 Å². The van der Waals surface area contributed by atoms with Crippen LogP contribution in [0, 0.1) is 0 Å². The molecule has 0 radical (unpaired) electrons. The van der Waals surface area contributed by atoms with Crippen LogP contribution in [0.3, 0.4) is 0 Å². The Morgan fingerprint density at radius 1 is 0.769 bits per heavy atom. The first-order chi connectivity index (χ1) is 5.55. The van der Waals surface area contributed by atoms with E-state index < -0.39 is 0 Å². The Morgan fingerprint density at radius 2 is 1.00 bits per heavy atom. The molecule has 2 atom stereocenters. The SMILES string of the molecule is CC(C)(C)P(I)CP(I)C(C)(C)C. The molecule has 13 heavy (non-hydrogen) atoms. The molecule has 2 unspecified atom stereocenters. The quantitative estimate of drug-likeness (QED) is 0.352. The molecule has 0 rings (SSSR count). The molecule has 4 heteroatoms. The van der Waals surface area contributed by atoms with Crippen LogP contribution in [0.15, 0.2) is 0 Å². The number of hydrogen-bond acceptors (Lipinski definition) is 0. The standard InChI is InChI=1S/C9H20I2P2/c1-8(2,3)12(10)7-13(11)9(4,5)6/h7H2,1-6H3. The van der Waals surface area contributed by atoms with Crippen molar-refractivity contribution in [3.05, 3.63) is 0 Å². The van der Waals surface area contributed by atoms with E-state index in [1.54, 1.807) is 0 Å². The van der Waals surface area contributed by atoms with Gasteiger partial charge in [0.1, 0.15) is 0 Å². The molecule has 0 aromatic heterocycles. The third kappa shape index (κ3) is 6.48. The average molecular weight is 444 g/mol. The molecule has 0 heterocycles. The van der Waals surface area contributed by atoms with Gasteiger partial charge in [0, 0.05) is 5.90 Å². The molecule has 0 spiro atoms. The smallest absolute Gasteiger partial charge is 0.00702 e. The lowest BCUT2D eigenvalue weighted by Gasteiger charge is -2.33. The second kappa shape index (κ2) is 5.59. The molecule has 0 aromatic carbocycles. The third-order valence-corrected chi connectivity index (χ3v) is 20.8. The fraction of sp³-hybridized carbons (Fsp3) is 1.00. The van der Waals surface area contributed by atoms with Gasteiger partial charge in [-0.15, -0.1) is 0 Å². The van der Waals surface area contributed by atoms with Crippen LogP contribution in [0.1, 0.15) is 41.5 Å². The first-order valence-corrected chi connectivity index (χ1v) is 13.0. The zero-order chi connectivity index (χ0) is 10.9. The molecule has 0 fully saturated rings. The number of hydrogen-bond donors (Lipinski definition) is 0. The number of halogens is 2. The summed E-state index contributed by atoms with van der Waals surface area (Å²) in [5.41, 5.74) is 0.332. The van der Waals surface area contributed by atoms with Crippen LogP contribution in [-0.2, 0) is 0 Å². The maximum absolute atomic E-state index is 2.68. The second-order valence-corrected chi connectivity index (χ2v) is 17.5. The molecular formula is C9H20I2P2. The molecule has 0 aromatic rings. The van der Waals surface area contributed by atoms with E-state index >= 15 is 0 Å². The van der Waals surface area contributed by atoms with E-state index in [2.05, 4.69) is 85.6 Å². The molecule has 0 saturated heterocycles. The Labute approximate surface area is 112 Å². The van der Waals surface area contributed by atoms with Crippen LogP contribution < -0.4 is 0 Å². The summed E-state index contributed by atoms with van der Waals surface area (Å²) >= 11 is 5.36. The minimum Gasteiger partial charge on any atom is -0.0555 e. The summed E-state index contributed by atoms with van der Waals surface area (Å²) in [5, 5.41) is 1.04. The number of rotatable bonds is 2. The largest absolute Gasteiger partial charge is 0.0555 e. The normalized spacial score (nSPS) is 18.5. The maximum Gasteiger partial charge on any atom is 0.00702 e. The van der Waals surface area contributed by atoms with Crippen molar-refractivity contribution in [2.24, 2.45) is 0 Å². The van der Waals surface area contributed by atoms with Crippen LogP contribution >= 0.6 is 55.2 Å². The van der Waals surface area contributed by atoms with E-state index in [0.717, 1.165) is 0 Å². The zero-order valence-corrected chi connectivity index (χ0v) is 15.5. The van der Waals surface area contributed by atoms with Crippen LogP contribution in [0.4, 0.5) is 0 Å². The first-order valence-electron chi connectivity index (χ1n) is 4.42. The van der Waals surface area contributed by atoms with Gasteiger partial charge in [0.15, 0.2) is 0 Å². The summed E-state index contributed by atoms with van der Waals surface area (Å²) in [5.74, 6) is 1.44. The maximum atomic E-state index is 2.68. The molecule has 0 bridgehead atoms. The summed E-state index contributed by atoms with van der Waals surface area (Å²) in [4.78, 5) is 0. The summed E-state index contributed by atoms with van der Waals surface area (Å²) in [7, 11) is 0. The van der Waals surface area contributed by atoms with Crippen molar-refractivity contribution in [2.75, 3.05) is 5.90 Å². The molecule has 0 nitrogen and oxygen atoms in total. The lowest BCUT2D eigenvalue weighted by Crippen LogP contribution is -2.13. The van der Waals surface area contributed by atoms with Crippen LogP contribution in [-0.4, -0.2) is 16.2 Å². The molecule has 0 saturated carbocycles.